The zero-order valence-corrected chi connectivity index (χ0v) is 12.6. The summed E-state index contributed by atoms with van der Waals surface area (Å²) in [5.41, 5.74) is 1.19. The Morgan fingerprint density at radius 3 is 2.62 bits per heavy atom. The van der Waals surface area contributed by atoms with E-state index in [4.69, 9.17) is 4.74 Å². The molecule has 1 aromatic carbocycles. The molecule has 1 spiro atoms. The Kier molecular flexibility index (Phi) is 3.41. The van der Waals surface area contributed by atoms with Crippen molar-refractivity contribution in [2.45, 2.75) is 56.4 Å². The minimum atomic E-state index is -0.131. The van der Waals surface area contributed by atoms with Crippen molar-refractivity contribution in [1.29, 1.82) is 0 Å². The predicted octanol–water partition coefficient (Wildman–Crippen LogP) is 3.88. The van der Waals surface area contributed by atoms with Gasteiger partial charge in [-0.25, -0.2) is 4.39 Å². The smallest absolute Gasteiger partial charge is 0.123 e. The number of halogens is 1. The third kappa shape index (κ3) is 2.36. The van der Waals surface area contributed by atoms with Gasteiger partial charge in [0.05, 0.1) is 6.61 Å². The van der Waals surface area contributed by atoms with Crippen LogP contribution in [0, 0.1) is 5.82 Å². The number of piperidine rings is 1. The molecule has 1 saturated carbocycles. The van der Waals surface area contributed by atoms with E-state index in [1.54, 1.807) is 12.1 Å². The van der Waals surface area contributed by atoms with Crippen LogP contribution in [0.1, 0.15) is 50.5 Å². The van der Waals surface area contributed by atoms with Gasteiger partial charge in [0.25, 0.3) is 0 Å². The van der Waals surface area contributed by atoms with Gasteiger partial charge in [-0.15, -0.1) is 0 Å². The predicted molar refractivity (Wildman–Crippen MR) is 81.3 cm³/mol. The van der Waals surface area contributed by atoms with Gasteiger partial charge in [-0.05, 0) is 57.0 Å². The lowest BCUT2D eigenvalue weighted by molar-refractivity contribution is 0.0825. The molecule has 21 heavy (non-hydrogen) atoms. The van der Waals surface area contributed by atoms with Gasteiger partial charge >= 0.3 is 0 Å². The molecule has 0 unspecified atom stereocenters. The highest BCUT2D eigenvalue weighted by Crippen LogP contribution is 2.46. The molecule has 0 amide bonds. The average Bonchev–Trinajstić information content (AvgIpc) is 2.87. The first-order chi connectivity index (χ1) is 10.3. The molecular weight excluding hydrogens is 265 g/mol. The number of ether oxygens (including phenoxy) is 1. The maximum absolute atomic E-state index is 13.6. The van der Waals surface area contributed by atoms with Crippen molar-refractivity contribution in [3.63, 3.8) is 0 Å². The molecule has 114 valence electrons. The molecule has 3 aliphatic rings. The largest absolute Gasteiger partial charge is 0.492 e. The SMILES string of the molecule is Fc1ccc2c(c1)C1(CCN(C3CCCCC3)CC1)CO2. The van der Waals surface area contributed by atoms with Crippen LogP contribution in [0.5, 0.6) is 5.75 Å². The first-order valence-electron chi connectivity index (χ1n) is 8.44. The van der Waals surface area contributed by atoms with Crippen molar-refractivity contribution in [3.8, 4) is 5.75 Å². The summed E-state index contributed by atoms with van der Waals surface area (Å²) in [5.74, 6) is 0.774. The van der Waals surface area contributed by atoms with E-state index in [0.717, 1.165) is 49.9 Å². The van der Waals surface area contributed by atoms with Gasteiger partial charge in [-0.1, -0.05) is 19.3 Å². The van der Waals surface area contributed by atoms with Crippen molar-refractivity contribution < 1.29 is 9.13 Å². The lowest BCUT2D eigenvalue weighted by atomic mass is 9.74. The highest BCUT2D eigenvalue weighted by Gasteiger charge is 2.44. The number of benzene rings is 1. The van der Waals surface area contributed by atoms with E-state index in [2.05, 4.69) is 4.90 Å². The zero-order valence-electron chi connectivity index (χ0n) is 12.6. The lowest BCUT2D eigenvalue weighted by Gasteiger charge is -2.43. The Morgan fingerprint density at radius 1 is 1.10 bits per heavy atom. The van der Waals surface area contributed by atoms with Gasteiger partial charge in [0.2, 0.25) is 0 Å². The van der Waals surface area contributed by atoms with E-state index in [1.165, 1.54) is 38.2 Å². The van der Waals surface area contributed by atoms with Crippen molar-refractivity contribution >= 4 is 0 Å². The maximum Gasteiger partial charge on any atom is 0.123 e. The van der Waals surface area contributed by atoms with Crippen molar-refractivity contribution in [2.24, 2.45) is 0 Å². The van der Waals surface area contributed by atoms with Crippen molar-refractivity contribution in [2.75, 3.05) is 19.7 Å². The molecule has 1 saturated heterocycles. The van der Waals surface area contributed by atoms with Gasteiger partial charge in [-0.2, -0.15) is 0 Å². The van der Waals surface area contributed by atoms with Gasteiger partial charge in [0, 0.05) is 17.0 Å². The van der Waals surface area contributed by atoms with Crippen LogP contribution in [0.4, 0.5) is 4.39 Å². The molecule has 2 heterocycles. The summed E-state index contributed by atoms with van der Waals surface area (Å²) < 4.78 is 19.4. The normalized spacial score (nSPS) is 25.8. The summed E-state index contributed by atoms with van der Waals surface area (Å²) in [6.45, 7) is 3.03. The van der Waals surface area contributed by atoms with E-state index in [-0.39, 0.29) is 11.2 Å². The Morgan fingerprint density at radius 2 is 1.86 bits per heavy atom. The minimum Gasteiger partial charge on any atom is -0.492 e. The molecule has 1 aliphatic carbocycles. The summed E-state index contributed by atoms with van der Waals surface area (Å²) in [6.07, 6.45) is 9.16. The molecular formula is C18H24FNO. The molecule has 0 bridgehead atoms. The van der Waals surface area contributed by atoms with E-state index < -0.39 is 0 Å². The van der Waals surface area contributed by atoms with Gasteiger partial charge in [0.15, 0.2) is 0 Å². The fraction of sp³-hybridized carbons (Fsp3) is 0.667. The Hall–Kier alpha value is -1.09. The monoisotopic (exact) mass is 289 g/mol. The molecule has 0 radical (unpaired) electrons. The lowest BCUT2D eigenvalue weighted by Crippen LogP contribution is -2.48. The Labute approximate surface area is 126 Å². The topological polar surface area (TPSA) is 12.5 Å². The quantitative estimate of drug-likeness (QED) is 0.778. The molecule has 0 N–H and O–H groups in total. The second-order valence-corrected chi connectivity index (χ2v) is 7.04. The standard InChI is InChI=1S/C18H24FNO/c19-14-6-7-17-16(12-14)18(13-21-17)8-10-20(11-9-18)15-4-2-1-3-5-15/h6-7,12,15H,1-5,8-11,13H2. The van der Waals surface area contributed by atoms with Gasteiger partial charge in [-0.3, -0.25) is 0 Å². The first-order valence-corrected chi connectivity index (χ1v) is 8.44. The van der Waals surface area contributed by atoms with Crippen LogP contribution >= 0.6 is 0 Å². The molecule has 1 aromatic rings. The summed E-state index contributed by atoms with van der Waals surface area (Å²) in [5, 5.41) is 0. The molecule has 2 fully saturated rings. The average molecular weight is 289 g/mol. The van der Waals surface area contributed by atoms with Crippen LogP contribution in [-0.2, 0) is 5.41 Å². The van der Waals surface area contributed by atoms with Crippen LogP contribution in [0.2, 0.25) is 0 Å². The van der Waals surface area contributed by atoms with Crippen LogP contribution in [0.3, 0.4) is 0 Å². The summed E-state index contributed by atoms with van der Waals surface area (Å²) in [4.78, 5) is 2.68. The Balaban J connectivity index is 1.49. The second kappa shape index (κ2) is 5.28. The van der Waals surface area contributed by atoms with Gasteiger partial charge < -0.3 is 9.64 Å². The number of nitrogens with zero attached hydrogens (tertiary/aromatic N) is 1. The highest BCUT2D eigenvalue weighted by molar-refractivity contribution is 5.44. The van der Waals surface area contributed by atoms with Crippen molar-refractivity contribution in [3.05, 3.63) is 29.6 Å². The summed E-state index contributed by atoms with van der Waals surface area (Å²) in [7, 11) is 0. The number of hydrogen-bond acceptors (Lipinski definition) is 2. The number of rotatable bonds is 1. The van der Waals surface area contributed by atoms with Crippen LogP contribution < -0.4 is 4.74 Å². The van der Waals surface area contributed by atoms with E-state index in [9.17, 15) is 4.39 Å². The summed E-state index contributed by atoms with van der Waals surface area (Å²) in [6, 6.07) is 5.81. The Bertz CT molecular complexity index is 516. The highest BCUT2D eigenvalue weighted by atomic mass is 19.1. The van der Waals surface area contributed by atoms with Crippen molar-refractivity contribution in [1.82, 2.24) is 4.90 Å². The first kappa shape index (κ1) is 13.6. The molecule has 0 atom stereocenters. The van der Waals surface area contributed by atoms with E-state index in [1.807, 2.05) is 0 Å². The fourth-order valence-corrected chi connectivity index (χ4v) is 4.51. The number of hydrogen-bond donors (Lipinski definition) is 0. The van der Waals surface area contributed by atoms with Crippen LogP contribution in [0.15, 0.2) is 18.2 Å². The molecule has 4 rings (SSSR count). The zero-order chi connectivity index (χ0) is 14.3. The molecule has 0 aromatic heterocycles. The molecule has 2 aliphatic heterocycles. The number of likely N-dealkylation sites (tertiary alicyclic amines) is 1. The van der Waals surface area contributed by atoms with Crippen LogP contribution in [0.25, 0.3) is 0 Å². The molecule has 2 nitrogen and oxygen atoms in total. The second-order valence-electron chi connectivity index (χ2n) is 7.04. The fourth-order valence-electron chi connectivity index (χ4n) is 4.51. The minimum absolute atomic E-state index is 0.0720. The van der Waals surface area contributed by atoms with Crippen LogP contribution in [-0.4, -0.2) is 30.6 Å². The maximum atomic E-state index is 13.6. The van der Waals surface area contributed by atoms with Gasteiger partial charge in [0.1, 0.15) is 11.6 Å². The molecule has 3 heteroatoms. The van der Waals surface area contributed by atoms with E-state index >= 15 is 0 Å². The third-order valence-electron chi connectivity index (χ3n) is 5.86. The number of fused-ring (bicyclic) bond motifs is 2. The third-order valence-corrected chi connectivity index (χ3v) is 5.86. The van der Waals surface area contributed by atoms with E-state index in [0.29, 0.717) is 0 Å². The summed E-state index contributed by atoms with van der Waals surface area (Å²) >= 11 is 0.